The Hall–Kier alpha value is -1.18. The molecule has 1 fully saturated rings. The Morgan fingerprint density at radius 1 is 1.39 bits per heavy atom. The maximum absolute atomic E-state index is 13.1. The molecule has 18 heavy (non-hydrogen) atoms. The van der Waals surface area contributed by atoms with Gasteiger partial charge in [-0.2, -0.15) is 0 Å². The lowest BCUT2D eigenvalue weighted by Gasteiger charge is -2.10. The lowest BCUT2D eigenvalue weighted by atomic mass is 10.3. The van der Waals surface area contributed by atoms with Gasteiger partial charge in [0.25, 0.3) is 0 Å². The van der Waals surface area contributed by atoms with Gasteiger partial charge in [0.05, 0.1) is 17.4 Å². The number of esters is 1. The number of nitrogens with one attached hydrogen (secondary N) is 1. The van der Waals surface area contributed by atoms with E-state index < -0.39 is 27.9 Å². The summed E-state index contributed by atoms with van der Waals surface area (Å²) < 4.78 is 43.8. The van der Waals surface area contributed by atoms with E-state index in [2.05, 4.69) is 9.46 Å². The van der Waals surface area contributed by atoms with Gasteiger partial charge in [0.1, 0.15) is 12.4 Å². The SMILES string of the molecule is O=C1C[C@H](NS(=O)(=O)c2cc(F)cc(Cl)c2)CO1. The summed E-state index contributed by atoms with van der Waals surface area (Å²) >= 11 is 5.58. The van der Waals surface area contributed by atoms with E-state index in [9.17, 15) is 17.6 Å². The Balaban J connectivity index is 2.22. The van der Waals surface area contributed by atoms with Crippen molar-refractivity contribution >= 4 is 27.6 Å². The molecule has 1 saturated heterocycles. The number of halogens is 2. The Morgan fingerprint density at radius 2 is 2.11 bits per heavy atom. The van der Waals surface area contributed by atoms with Crippen molar-refractivity contribution in [1.29, 1.82) is 0 Å². The van der Waals surface area contributed by atoms with E-state index in [1.54, 1.807) is 0 Å². The van der Waals surface area contributed by atoms with Crippen LogP contribution in [0, 0.1) is 5.82 Å². The zero-order chi connectivity index (χ0) is 13.3. The minimum absolute atomic E-state index is 0.0193. The Bertz CT molecular complexity index is 569. The molecule has 5 nitrogen and oxygen atoms in total. The Kier molecular flexibility index (Phi) is 3.56. The predicted octanol–water partition coefficient (Wildman–Crippen LogP) is 1.07. The van der Waals surface area contributed by atoms with Crippen molar-refractivity contribution in [3.05, 3.63) is 29.0 Å². The van der Waals surface area contributed by atoms with Crippen LogP contribution in [0.25, 0.3) is 0 Å². The Morgan fingerprint density at radius 3 is 2.67 bits per heavy atom. The van der Waals surface area contributed by atoms with Gasteiger partial charge in [-0.1, -0.05) is 11.6 Å². The normalized spacial score (nSPS) is 19.9. The number of carbonyl (C=O) groups excluding carboxylic acids is 1. The zero-order valence-electron chi connectivity index (χ0n) is 9.02. The van der Waals surface area contributed by atoms with E-state index in [0.29, 0.717) is 0 Å². The second-order valence-electron chi connectivity index (χ2n) is 3.81. The minimum atomic E-state index is -3.92. The maximum Gasteiger partial charge on any atom is 0.307 e. The lowest BCUT2D eigenvalue weighted by molar-refractivity contribution is -0.137. The number of ether oxygens (including phenoxy) is 1. The summed E-state index contributed by atoms with van der Waals surface area (Å²) in [6.45, 7) is -0.0267. The van der Waals surface area contributed by atoms with Crippen LogP contribution < -0.4 is 4.72 Å². The maximum atomic E-state index is 13.1. The van der Waals surface area contributed by atoms with Crippen LogP contribution in [0.15, 0.2) is 23.1 Å². The molecular weight excluding hydrogens is 285 g/mol. The molecule has 0 unspecified atom stereocenters. The highest BCUT2D eigenvalue weighted by Crippen LogP contribution is 2.19. The summed E-state index contributed by atoms with van der Waals surface area (Å²) in [5.41, 5.74) is 0. The number of hydrogen-bond donors (Lipinski definition) is 1. The van der Waals surface area contributed by atoms with Gasteiger partial charge in [-0.3, -0.25) is 4.79 Å². The summed E-state index contributed by atoms with van der Waals surface area (Å²) in [6, 6.07) is 2.35. The first-order valence-electron chi connectivity index (χ1n) is 5.01. The molecule has 0 radical (unpaired) electrons. The van der Waals surface area contributed by atoms with Gasteiger partial charge in [-0.05, 0) is 18.2 Å². The smallest absolute Gasteiger partial charge is 0.307 e. The first-order chi connectivity index (χ1) is 8.37. The summed E-state index contributed by atoms with van der Waals surface area (Å²) in [7, 11) is -3.92. The van der Waals surface area contributed by atoms with Crippen LogP contribution in [0.5, 0.6) is 0 Å². The first kappa shape index (κ1) is 13.3. The molecule has 8 heteroatoms. The third-order valence-electron chi connectivity index (χ3n) is 2.33. The summed E-state index contributed by atoms with van der Waals surface area (Å²) in [5.74, 6) is -1.22. The van der Waals surface area contributed by atoms with Crippen molar-refractivity contribution in [3.8, 4) is 0 Å². The highest BCUT2D eigenvalue weighted by molar-refractivity contribution is 7.89. The molecule has 1 heterocycles. The van der Waals surface area contributed by atoms with Crippen LogP contribution in [-0.4, -0.2) is 27.0 Å². The fourth-order valence-corrected chi connectivity index (χ4v) is 3.12. The molecule has 2 rings (SSSR count). The van der Waals surface area contributed by atoms with Gasteiger partial charge in [0, 0.05) is 5.02 Å². The topological polar surface area (TPSA) is 72.5 Å². The van der Waals surface area contributed by atoms with E-state index in [0.717, 1.165) is 18.2 Å². The predicted molar refractivity (Wildman–Crippen MR) is 61.1 cm³/mol. The second kappa shape index (κ2) is 4.83. The van der Waals surface area contributed by atoms with Gasteiger partial charge >= 0.3 is 5.97 Å². The van der Waals surface area contributed by atoms with Crippen molar-refractivity contribution in [3.63, 3.8) is 0 Å². The molecule has 1 aromatic rings. The average Bonchev–Trinajstić information content (AvgIpc) is 2.61. The van der Waals surface area contributed by atoms with Crippen molar-refractivity contribution in [2.45, 2.75) is 17.4 Å². The fourth-order valence-electron chi connectivity index (χ4n) is 1.56. The average molecular weight is 294 g/mol. The molecule has 1 aliphatic rings. The largest absolute Gasteiger partial charge is 0.464 e. The molecule has 98 valence electrons. The number of sulfonamides is 1. The molecule has 0 bridgehead atoms. The summed E-state index contributed by atoms with van der Waals surface area (Å²) in [5, 5.41) is -0.0193. The summed E-state index contributed by atoms with van der Waals surface area (Å²) in [4.78, 5) is 10.6. The summed E-state index contributed by atoms with van der Waals surface area (Å²) in [6.07, 6.45) is -0.0394. The van der Waals surface area contributed by atoms with Crippen LogP contribution in [0.2, 0.25) is 5.02 Å². The quantitative estimate of drug-likeness (QED) is 0.846. The standard InChI is InChI=1S/C10H9ClFNO4S/c11-6-1-7(12)3-9(2-6)18(15,16)13-8-4-10(14)17-5-8/h1-3,8,13H,4-5H2/t8-/m0/s1. The zero-order valence-corrected chi connectivity index (χ0v) is 10.6. The molecular formula is C10H9ClFNO4S. The van der Waals surface area contributed by atoms with Crippen LogP contribution in [0.3, 0.4) is 0 Å². The highest BCUT2D eigenvalue weighted by Gasteiger charge is 2.28. The molecule has 1 aromatic carbocycles. The third-order valence-corrected chi connectivity index (χ3v) is 4.04. The fraction of sp³-hybridized carbons (Fsp3) is 0.300. The van der Waals surface area contributed by atoms with E-state index in [1.807, 2.05) is 0 Å². The molecule has 1 N–H and O–H groups in total. The number of cyclic esters (lactones) is 1. The van der Waals surface area contributed by atoms with E-state index in [4.69, 9.17) is 11.6 Å². The number of carbonyl (C=O) groups is 1. The molecule has 0 spiro atoms. The molecule has 0 aliphatic carbocycles. The molecule has 1 aliphatic heterocycles. The molecule has 0 amide bonds. The monoisotopic (exact) mass is 293 g/mol. The van der Waals surface area contributed by atoms with E-state index in [1.165, 1.54) is 0 Å². The van der Waals surface area contributed by atoms with Gasteiger partial charge in [0.15, 0.2) is 0 Å². The van der Waals surface area contributed by atoms with Crippen molar-refractivity contribution in [2.24, 2.45) is 0 Å². The molecule has 0 saturated carbocycles. The lowest BCUT2D eigenvalue weighted by Crippen LogP contribution is -2.35. The second-order valence-corrected chi connectivity index (χ2v) is 5.96. The minimum Gasteiger partial charge on any atom is -0.464 e. The van der Waals surface area contributed by atoms with Crippen LogP contribution in [-0.2, 0) is 19.6 Å². The first-order valence-corrected chi connectivity index (χ1v) is 6.87. The number of benzene rings is 1. The van der Waals surface area contributed by atoms with Crippen LogP contribution in [0.4, 0.5) is 4.39 Å². The van der Waals surface area contributed by atoms with Crippen molar-refractivity contribution < 1.29 is 22.3 Å². The van der Waals surface area contributed by atoms with Crippen molar-refractivity contribution in [2.75, 3.05) is 6.61 Å². The van der Waals surface area contributed by atoms with E-state index in [-0.39, 0.29) is 22.9 Å². The van der Waals surface area contributed by atoms with E-state index >= 15 is 0 Å². The van der Waals surface area contributed by atoms with Crippen molar-refractivity contribution in [1.82, 2.24) is 4.72 Å². The third kappa shape index (κ3) is 2.98. The van der Waals surface area contributed by atoms with Crippen LogP contribution in [0.1, 0.15) is 6.42 Å². The van der Waals surface area contributed by atoms with Gasteiger partial charge in [-0.15, -0.1) is 0 Å². The van der Waals surface area contributed by atoms with Gasteiger partial charge in [-0.25, -0.2) is 17.5 Å². The van der Waals surface area contributed by atoms with Gasteiger partial charge < -0.3 is 4.74 Å². The van der Waals surface area contributed by atoms with Crippen LogP contribution >= 0.6 is 11.6 Å². The van der Waals surface area contributed by atoms with Gasteiger partial charge in [0.2, 0.25) is 10.0 Å². The number of rotatable bonds is 3. The highest BCUT2D eigenvalue weighted by atomic mass is 35.5. The molecule has 0 aromatic heterocycles. The number of hydrogen-bond acceptors (Lipinski definition) is 4. The Labute approximate surface area is 108 Å². The molecule has 1 atom stereocenters.